The first-order valence-corrected chi connectivity index (χ1v) is 9.36. The molecule has 0 radical (unpaired) electrons. The average molecular weight is 383 g/mol. The largest absolute Gasteiger partial charge is 0.340 e. The number of nitrogens with zero attached hydrogens (tertiary/aromatic N) is 3. The molecule has 0 aliphatic carbocycles. The Balaban J connectivity index is 1.76. The van der Waals surface area contributed by atoms with Crippen molar-refractivity contribution in [3.05, 3.63) is 70.8 Å². The first-order valence-electron chi connectivity index (χ1n) is 9.36. The van der Waals surface area contributed by atoms with Crippen molar-refractivity contribution in [1.82, 2.24) is 14.9 Å². The van der Waals surface area contributed by atoms with Crippen LogP contribution in [0.2, 0.25) is 0 Å². The minimum Gasteiger partial charge on any atom is -0.340 e. The summed E-state index contributed by atoms with van der Waals surface area (Å²) in [6, 6.07) is 14.8. The second-order valence-corrected chi connectivity index (χ2v) is 7.14. The second-order valence-electron chi connectivity index (χ2n) is 7.14. The molecule has 0 saturated carbocycles. The van der Waals surface area contributed by atoms with Gasteiger partial charge in [-0.3, -0.25) is 9.59 Å². The van der Waals surface area contributed by atoms with Crippen molar-refractivity contribution in [2.75, 3.05) is 40.3 Å². The molecule has 0 saturated heterocycles. The summed E-state index contributed by atoms with van der Waals surface area (Å²) in [6.45, 7) is 5.34. The molecular weight excluding hydrogens is 354 g/mol. The summed E-state index contributed by atoms with van der Waals surface area (Å²) in [7, 11) is 3.42. The molecule has 0 unspecified atom stereocenters. The van der Waals surface area contributed by atoms with Crippen molar-refractivity contribution in [3.8, 4) is 0 Å². The van der Waals surface area contributed by atoms with Crippen LogP contribution < -0.4 is 0 Å². The first kappa shape index (κ1) is 21.6. The molecule has 1 N–H and O–H groups in total. The van der Waals surface area contributed by atoms with Gasteiger partial charge in [-0.25, -0.2) is 0 Å². The van der Waals surface area contributed by atoms with Crippen molar-refractivity contribution in [2.24, 2.45) is 0 Å². The minimum absolute atomic E-state index is 0.0833. The summed E-state index contributed by atoms with van der Waals surface area (Å²) >= 11 is 0. The third kappa shape index (κ3) is 6.18. The van der Waals surface area contributed by atoms with Gasteiger partial charge in [-0.05, 0) is 38.1 Å². The molecule has 0 heterocycles. The molecule has 28 heavy (non-hydrogen) atoms. The zero-order chi connectivity index (χ0) is 20.7. The van der Waals surface area contributed by atoms with E-state index in [0.717, 1.165) is 16.2 Å². The number of rotatable bonds is 8. The smallest absolute Gasteiger partial charge is 0.253 e. The quantitative estimate of drug-likeness (QED) is 0.712. The van der Waals surface area contributed by atoms with Crippen LogP contribution in [-0.4, -0.2) is 72.2 Å². The van der Waals surface area contributed by atoms with E-state index in [2.05, 4.69) is 0 Å². The molecule has 0 aliphatic rings. The van der Waals surface area contributed by atoms with Gasteiger partial charge in [0.05, 0.1) is 0 Å². The average Bonchev–Trinajstić information content (AvgIpc) is 2.70. The standard InChI is InChI=1S/C22H29N3O3/c1-17-5-9-19(10-6-17)21(26)23(3)13-15-25(28)16-14-24(4)22(27)20-11-7-18(2)8-12-20/h5-12,28H,13-16H2,1-4H3. The number of likely N-dealkylation sites (N-methyl/N-ethyl adjacent to an activating group) is 2. The van der Waals surface area contributed by atoms with E-state index in [4.69, 9.17) is 0 Å². The lowest BCUT2D eigenvalue weighted by atomic mass is 10.1. The van der Waals surface area contributed by atoms with Gasteiger partial charge in [0.25, 0.3) is 11.8 Å². The maximum Gasteiger partial charge on any atom is 0.253 e. The molecule has 0 atom stereocenters. The van der Waals surface area contributed by atoms with Crippen molar-refractivity contribution < 1.29 is 14.8 Å². The van der Waals surface area contributed by atoms with E-state index >= 15 is 0 Å². The number of amides is 2. The predicted molar refractivity (Wildman–Crippen MR) is 110 cm³/mol. The maximum absolute atomic E-state index is 12.4. The van der Waals surface area contributed by atoms with Crippen molar-refractivity contribution in [3.63, 3.8) is 0 Å². The summed E-state index contributed by atoms with van der Waals surface area (Å²) in [5.74, 6) is -0.167. The van der Waals surface area contributed by atoms with Crippen molar-refractivity contribution >= 4 is 11.8 Å². The van der Waals surface area contributed by atoms with Crippen LogP contribution in [0.15, 0.2) is 48.5 Å². The van der Waals surface area contributed by atoms with Gasteiger partial charge in [0, 0.05) is 51.4 Å². The fourth-order valence-electron chi connectivity index (χ4n) is 2.68. The molecule has 0 aliphatic heterocycles. The Hall–Kier alpha value is -2.70. The maximum atomic E-state index is 12.4. The molecule has 2 rings (SSSR count). The molecule has 2 aromatic rings. The van der Waals surface area contributed by atoms with Crippen LogP contribution >= 0.6 is 0 Å². The number of carbonyl (C=O) groups is 2. The van der Waals surface area contributed by atoms with E-state index in [0.29, 0.717) is 37.3 Å². The topological polar surface area (TPSA) is 64.1 Å². The zero-order valence-electron chi connectivity index (χ0n) is 17.1. The van der Waals surface area contributed by atoms with Crippen LogP contribution in [-0.2, 0) is 0 Å². The van der Waals surface area contributed by atoms with Crippen molar-refractivity contribution in [1.29, 1.82) is 0 Å². The third-order valence-electron chi connectivity index (χ3n) is 4.68. The summed E-state index contributed by atoms with van der Waals surface area (Å²) in [5, 5.41) is 11.2. The zero-order valence-corrected chi connectivity index (χ0v) is 17.1. The van der Waals surface area contributed by atoms with Gasteiger partial charge in [-0.2, -0.15) is 5.06 Å². The SMILES string of the molecule is Cc1ccc(C(=O)N(C)CCN(O)CCN(C)C(=O)c2ccc(C)cc2)cc1. The highest BCUT2D eigenvalue weighted by Crippen LogP contribution is 2.07. The summed E-state index contributed by atoms with van der Waals surface area (Å²) in [4.78, 5) is 27.9. The molecule has 2 aromatic carbocycles. The predicted octanol–water partition coefficient (Wildman–Crippen LogP) is 2.84. The van der Waals surface area contributed by atoms with Gasteiger partial charge in [0.1, 0.15) is 0 Å². The van der Waals surface area contributed by atoms with Gasteiger partial charge >= 0.3 is 0 Å². The van der Waals surface area contributed by atoms with E-state index in [9.17, 15) is 14.8 Å². The van der Waals surface area contributed by atoms with Gasteiger partial charge in [0.15, 0.2) is 0 Å². The summed E-state index contributed by atoms with van der Waals surface area (Å²) in [5.41, 5.74) is 3.46. The highest BCUT2D eigenvalue weighted by Gasteiger charge is 2.15. The number of carbonyl (C=O) groups excluding carboxylic acids is 2. The Morgan fingerprint density at radius 2 is 1.00 bits per heavy atom. The van der Waals surface area contributed by atoms with Gasteiger partial charge in [-0.15, -0.1) is 0 Å². The number of hydroxylamine groups is 2. The van der Waals surface area contributed by atoms with E-state index in [1.165, 1.54) is 0 Å². The summed E-state index contributed by atoms with van der Waals surface area (Å²) < 4.78 is 0. The molecule has 0 bridgehead atoms. The highest BCUT2D eigenvalue weighted by atomic mass is 16.5. The molecule has 2 amide bonds. The van der Waals surface area contributed by atoms with Crippen LogP contribution in [0.1, 0.15) is 31.8 Å². The third-order valence-corrected chi connectivity index (χ3v) is 4.68. The van der Waals surface area contributed by atoms with Gasteiger partial charge in [0.2, 0.25) is 0 Å². The molecule has 0 spiro atoms. The Labute approximate surface area is 166 Å². The fraction of sp³-hybridized carbons (Fsp3) is 0.364. The molecular formula is C22H29N3O3. The number of hydrogen-bond acceptors (Lipinski definition) is 4. The Bertz CT molecular complexity index is 720. The lowest BCUT2D eigenvalue weighted by molar-refractivity contribution is -0.0944. The lowest BCUT2D eigenvalue weighted by Gasteiger charge is -2.23. The molecule has 6 heteroatoms. The fourth-order valence-corrected chi connectivity index (χ4v) is 2.68. The Kier molecular flexibility index (Phi) is 7.72. The first-order chi connectivity index (χ1) is 13.3. The Morgan fingerprint density at radius 3 is 1.32 bits per heavy atom. The van der Waals surface area contributed by atoms with Crippen LogP contribution in [0.5, 0.6) is 0 Å². The Morgan fingerprint density at radius 1 is 0.679 bits per heavy atom. The number of benzene rings is 2. The minimum atomic E-state index is -0.0833. The van der Waals surface area contributed by atoms with Crippen LogP contribution in [0, 0.1) is 13.8 Å². The van der Waals surface area contributed by atoms with Crippen LogP contribution in [0.3, 0.4) is 0 Å². The lowest BCUT2D eigenvalue weighted by Crippen LogP contribution is -2.39. The molecule has 150 valence electrons. The highest BCUT2D eigenvalue weighted by molar-refractivity contribution is 5.94. The van der Waals surface area contributed by atoms with E-state index in [1.807, 2.05) is 38.1 Å². The van der Waals surface area contributed by atoms with Gasteiger partial charge in [-0.1, -0.05) is 35.4 Å². The van der Waals surface area contributed by atoms with Crippen LogP contribution in [0.4, 0.5) is 0 Å². The van der Waals surface area contributed by atoms with E-state index in [-0.39, 0.29) is 11.8 Å². The number of aryl methyl sites for hydroxylation is 2. The van der Waals surface area contributed by atoms with E-state index < -0.39 is 0 Å². The number of hydrogen-bond donors (Lipinski definition) is 1. The normalized spacial score (nSPS) is 10.8. The van der Waals surface area contributed by atoms with Crippen molar-refractivity contribution in [2.45, 2.75) is 13.8 Å². The monoisotopic (exact) mass is 383 g/mol. The van der Waals surface area contributed by atoms with Crippen LogP contribution in [0.25, 0.3) is 0 Å². The molecule has 6 nitrogen and oxygen atoms in total. The second kappa shape index (κ2) is 10.0. The summed E-state index contributed by atoms with van der Waals surface area (Å²) in [6.07, 6.45) is 0. The molecule has 0 fully saturated rings. The van der Waals surface area contributed by atoms with Gasteiger partial charge < -0.3 is 15.0 Å². The van der Waals surface area contributed by atoms with E-state index in [1.54, 1.807) is 48.2 Å². The molecule has 0 aromatic heterocycles.